The van der Waals surface area contributed by atoms with Gasteiger partial charge in [-0.3, -0.25) is 4.79 Å². The molecule has 1 atom stereocenters. The number of anilines is 1. The van der Waals surface area contributed by atoms with Crippen LogP contribution in [-0.2, 0) is 11.2 Å². The Labute approximate surface area is 121 Å². The van der Waals surface area contributed by atoms with Crippen molar-refractivity contribution in [3.8, 4) is 0 Å². The van der Waals surface area contributed by atoms with Crippen LogP contribution in [-0.4, -0.2) is 12.5 Å². The lowest BCUT2D eigenvalue weighted by atomic mass is 10.1. The van der Waals surface area contributed by atoms with Gasteiger partial charge in [-0.1, -0.05) is 18.2 Å². The van der Waals surface area contributed by atoms with Gasteiger partial charge >= 0.3 is 0 Å². The second-order valence-electron chi connectivity index (χ2n) is 4.95. The maximum absolute atomic E-state index is 13.5. The Hall–Kier alpha value is -2.27. The van der Waals surface area contributed by atoms with Crippen molar-refractivity contribution in [1.82, 2.24) is 5.32 Å². The molecule has 1 aliphatic heterocycles. The molecule has 0 spiro atoms. The molecule has 1 unspecified atom stereocenters. The largest absolute Gasteiger partial charge is 0.324 e. The lowest BCUT2D eigenvalue weighted by molar-refractivity contribution is -0.117. The minimum atomic E-state index is -0.595. The van der Waals surface area contributed by atoms with E-state index >= 15 is 0 Å². The molecule has 1 amide bonds. The van der Waals surface area contributed by atoms with E-state index in [4.69, 9.17) is 0 Å². The molecule has 2 N–H and O–H groups in total. The van der Waals surface area contributed by atoms with Crippen LogP contribution >= 0.6 is 0 Å². The number of fused-ring (bicyclic) bond motifs is 1. The Bertz CT molecular complexity index is 688. The van der Waals surface area contributed by atoms with Crippen molar-refractivity contribution in [1.29, 1.82) is 0 Å². The number of hydrogen-bond acceptors (Lipinski definition) is 2. The molecule has 0 radical (unpaired) electrons. The summed E-state index contributed by atoms with van der Waals surface area (Å²) in [7, 11) is 0. The Morgan fingerprint density at radius 2 is 1.95 bits per heavy atom. The van der Waals surface area contributed by atoms with Crippen LogP contribution in [0.1, 0.15) is 17.2 Å². The van der Waals surface area contributed by atoms with E-state index in [0.717, 1.165) is 0 Å². The minimum absolute atomic E-state index is 0.218. The first kappa shape index (κ1) is 13.7. The average molecular weight is 288 g/mol. The minimum Gasteiger partial charge on any atom is -0.324 e. The normalized spacial score (nSPS) is 16.7. The molecule has 0 bridgehead atoms. The highest BCUT2D eigenvalue weighted by atomic mass is 19.1. The summed E-state index contributed by atoms with van der Waals surface area (Å²) in [5, 5.41) is 5.74. The van der Waals surface area contributed by atoms with Gasteiger partial charge in [0.05, 0.1) is 0 Å². The summed E-state index contributed by atoms with van der Waals surface area (Å²) >= 11 is 0. The molecule has 1 aliphatic rings. The molecule has 21 heavy (non-hydrogen) atoms. The standard InChI is InChI=1S/C16H14F2N2O/c17-11-5-6-14-12(9-11)15(16(21)20-14)19-8-7-10-3-1-2-4-13(10)18/h1-6,9,15,19H,7-8H2,(H,20,21). The second kappa shape index (κ2) is 5.61. The lowest BCUT2D eigenvalue weighted by Gasteiger charge is -2.11. The molecular weight excluding hydrogens is 274 g/mol. The van der Waals surface area contributed by atoms with Crippen molar-refractivity contribution < 1.29 is 13.6 Å². The highest BCUT2D eigenvalue weighted by Crippen LogP contribution is 2.31. The molecule has 5 heteroatoms. The van der Waals surface area contributed by atoms with Crippen LogP contribution in [0.25, 0.3) is 0 Å². The van der Waals surface area contributed by atoms with Crippen molar-refractivity contribution in [3.05, 3.63) is 65.2 Å². The summed E-state index contributed by atoms with van der Waals surface area (Å²) in [4.78, 5) is 11.9. The van der Waals surface area contributed by atoms with E-state index in [9.17, 15) is 13.6 Å². The first-order chi connectivity index (χ1) is 10.1. The van der Waals surface area contributed by atoms with E-state index in [1.807, 2.05) is 0 Å². The maximum Gasteiger partial charge on any atom is 0.246 e. The van der Waals surface area contributed by atoms with Crippen LogP contribution in [0.4, 0.5) is 14.5 Å². The van der Waals surface area contributed by atoms with Gasteiger partial charge in [0.2, 0.25) is 5.91 Å². The molecule has 2 aromatic rings. The van der Waals surface area contributed by atoms with Crippen molar-refractivity contribution in [2.75, 3.05) is 11.9 Å². The van der Waals surface area contributed by atoms with Crippen LogP contribution in [0.3, 0.4) is 0 Å². The number of rotatable bonds is 4. The summed E-state index contributed by atoms with van der Waals surface area (Å²) in [6.45, 7) is 0.426. The summed E-state index contributed by atoms with van der Waals surface area (Å²) in [5.41, 5.74) is 1.79. The predicted octanol–water partition coefficient (Wildman–Crippen LogP) is 2.79. The van der Waals surface area contributed by atoms with Crippen LogP contribution < -0.4 is 10.6 Å². The van der Waals surface area contributed by atoms with Gasteiger partial charge in [-0.2, -0.15) is 0 Å². The first-order valence-electron chi connectivity index (χ1n) is 6.72. The highest BCUT2D eigenvalue weighted by Gasteiger charge is 2.30. The summed E-state index contributed by atoms with van der Waals surface area (Å²) in [5.74, 6) is -0.864. The molecule has 3 rings (SSSR count). The van der Waals surface area contributed by atoms with Crippen LogP contribution in [0.5, 0.6) is 0 Å². The number of hydrogen-bond donors (Lipinski definition) is 2. The van der Waals surface area contributed by atoms with E-state index in [0.29, 0.717) is 29.8 Å². The SMILES string of the molecule is O=C1Nc2ccc(F)cc2C1NCCc1ccccc1F. The van der Waals surface area contributed by atoms with E-state index in [1.165, 1.54) is 18.2 Å². The molecule has 0 aliphatic carbocycles. The number of halogens is 2. The number of carbonyl (C=O) groups is 1. The third-order valence-corrected chi connectivity index (χ3v) is 3.55. The average Bonchev–Trinajstić information content (AvgIpc) is 2.77. The topological polar surface area (TPSA) is 41.1 Å². The van der Waals surface area contributed by atoms with E-state index in [-0.39, 0.29) is 17.5 Å². The Morgan fingerprint density at radius 3 is 2.76 bits per heavy atom. The third-order valence-electron chi connectivity index (χ3n) is 3.55. The molecule has 108 valence electrons. The fourth-order valence-corrected chi connectivity index (χ4v) is 2.49. The van der Waals surface area contributed by atoms with Crippen molar-refractivity contribution in [3.63, 3.8) is 0 Å². The van der Waals surface area contributed by atoms with Crippen LogP contribution in [0, 0.1) is 11.6 Å². The van der Waals surface area contributed by atoms with Gasteiger partial charge in [-0.15, -0.1) is 0 Å². The Balaban J connectivity index is 1.68. The number of amides is 1. The fraction of sp³-hybridized carbons (Fsp3) is 0.188. The molecule has 0 fully saturated rings. The first-order valence-corrected chi connectivity index (χ1v) is 6.72. The lowest BCUT2D eigenvalue weighted by Crippen LogP contribution is -2.29. The van der Waals surface area contributed by atoms with Gasteiger partial charge < -0.3 is 10.6 Å². The third kappa shape index (κ3) is 2.78. The van der Waals surface area contributed by atoms with E-state index < -0.39 is 6.04 Å². The van der Waals surface area contributed by atoms with E-state index in [2.05, 4.69) is 10.6 Å². The number of benzene rings is 2. The molecule has 0 aromatic heterocycles. The van der Waals surface area contributed by atoms with Crippen molar-refractivity contribution in [2.24, 2.45) is 0 Å². The van der Waals surface area contributed by atoms with Gasteiger partial charge in [0.25, 0.3) is 0 Å². The van der Waals surface area contributed by atoms with Gasteiger partial charge in [0.15, 0.2) is 0 Å². The second-order valence-corrected chi connectivity index (χ2v) is 4.95. The molecule has 0 saturated carbocycles. The Morgan fingerprint density at radius 1 is 1.14 bits per heavy atom. The predicted molar refractivity (Wildman–Crippen MR) is 75.9 cm³/mol. The summed E-state index contributed by atoms with van der Waals surface area (Å²) in [6, 6.07) is 10.1. The zero-order valence-electron chi connectivity index (χ0n) is 11.2. The zero-order chi connectivity index (χ0) is 14.8. The highest BCUT2D eigenvalue weighted by molar-refractivity contribution is 6.02. The summed E-state index contributed by atoms with van der Waals surface area (Å²) in [6.07, 6.45) is 0.459. The number of nitrogens with one attached hydrogen (secondary N) is 2. The molecular formula is C16H14F2N2O. The fourth-order valence-electron chi connectivity index (χ4n) is 2.49. The van der Waals surface area contributed by atoms with Gasteiger partial charge in [0, 0.05) is 17.8 Å². The monoisotopic (exact) mass is 288 g/mol. The van der Waals surface area contributed by atoms with Gasteiger partial charge in [-0.25, -0.2) is 8.78 Å². The Kier molecular flexibility index (Phi) is 3.66. The number of carbonyl (C=O) groups excluding carboxylic acids is 1. The van der Waals surface area contributed by atoms with Gasteiger partial charge in [0.1, 0.15) is 17.7 Å². The van der Waals surface area contributed by atoms with Crippen molar-refractivity contribution >= 4 is 11.6 Å². The molecule has 3 nitrogen and oxygen atoms in total. The van der Waals surface area contributed by atoms with Crippen LogP contribution in [0.2, 0.25) is 0 Å². The smallest absolute Gasteiger partial charge is 0.246 e. The molecule has 2 aromatic carbocycles. The summed E-state index contributed by atoms with van der Waals surface area (Å²) < 4.78 is 26.8. The van der Waals surface area contributed by atoms with E-state index in [1.54, 1.807) is 24.3 Å². The zero-order valence-corrected chi connectivity index (χ0v) is 11.2. The van der Waals surface area contributed by atoms with Crippen molar-refractivity contribution in [2.45, 2.75) is 12.5 Å². The maximum atomic E-state index is 13.5. The molecule has 0 saturated heterocycles. The van der Waals surface area contributed by atoms with Gasteiger partial charge in [-0.05, 0) is 36.2 Å². The molecule has 1 heterocycles. The van der Waals surface area contributed by atoms with Crippen LogP contribution in [0.15, 0.2) is 42.5 Å². The quantitative estimate of drug-likeness (QED) is 0.908.